The van der Waals surface area contributed by atoms with Crippen LogP contribution in [0.4, 0.5) is 0 Å². The number of likely N-dealkylation sites (tertiary alicyclic amines) is 1. The van der Waals surface area contributed by atoms with Gasteiger partial charge in [0.15, 0.2) is 0 Å². The molecule has 2 saturated heterocycles. The topological polar surface area (TPSA) is 66.8 Å². The molecule has 23 heavy (non-hydrogen) atoms. The van der Waals surface area contributed by atoms with Gasteiger partial charge in [-0.05, 0) is 38.7 Å². The molecule has 0 radical (unpaired) electrons. The lowest BCUT2D eigenvalue weighted by Crippen LogP contribution is -2.46. The molecule has 1 aromatic carbocycles. The first-order valence-electron chi connectivity index (χ1n) is 8.24. The first-order chi connectivity index (χ1) is 11.0. The Kier molecular flexibility index (Phi) is 4.39. The Morgan fingerprint density at radius 2 is 1.87 bits per heavy atom. The van der Waals surface area contributed by atoms with Gasteiger partial charge in [0, 0.05) is 0 Å². The van der Waals surface area contributed by atoms with Crippen LogP contribution in [0, 0.1) is 5.92 Å². The standard InChI is InChI=1S/C18H23NO4/c1-11-10-14(12(2)23-11)17(20)19-15(8-9-16(19)18(21)22)13-6-4-3-5-7-13/h3-7,11-12,14-16H,8-10H2,1-2H3,(H,21,22)/t11?,12?,14?,15-,16?/m0/s1. The van der Waals surface area contributed by atoms with Gasteiger partial charge in [-0.3, -0.25) is 4.79 Å². The maximum atomic E-state index is 13.1. The predicted molar refractivity (Wildman–Crippen MR) is 84.8 cm³/mol. The third kappa shape index (κ3) is 2.98. The van der Waals surface area contributed by atoms with Crippen LogP contribution >= 0.6 is 0 Å². The average Bonchev–Trinajstić information content (AvgIpc) is 3.11. The molecule has 5 nitrogen and oxygen atoms in total. The number of ether oxygens (including phenoxy) is 1. The van der Waals surface area contributed by atoms with Crippen molar-refractivity contribution in [3.63, 3.8) is 0 Å². The van der Waals surface area contributed by atoms with E-state index in [1.807, 2.05) is 44.2 Å². The summed E-state index contributed by atoms with van der Waals surface area (Å²) in [5.74, 6) is -1.26. The number of amides is 1. The Labute approximate surface area is 136 Å². The molecule has 1 N–H and O–H groups in total. The van der Waals surface area contributed by atoms with Gasteiger partial charge in [0.25, 0.3) is 0 Å². The lowest BCUT2D eigenvalue weighted by molar-refractivity contribution is -0.152. The Morgan fingerprint density at radius 1 is 1.17 bits per heavy atom. The van der Waals surface area contributed by atoms with Gasteiger partial charge in [-0.2, -0.15) is 0 Å². The third-order valence-electron chi connectivity index (χ3n) is 5.03. The van der Waals surface area contributed by atoms with Gasteiger partial charge in [-0.1, -0.05) is 30.3 Å². The summed E-state index contributed by atoms with van der Waals surface area (Å²) in [6.45, 7) is 3.85. The van der Waals surface area contributed by atoms with E-state index in [9.17, 15) is 14.7 Å². The van der Waals surface area contributed by atoms with E-state index >= 15 is 0 Å². The second-order valence-corrected chi connectivity index (χ2v) is 6.60. The minimum absolute atomic E-state index is 0.0417. The normalized spacial score (nSPS) is 33.8. The van der Waals surface area contributed by atoms with Crippen molar-refractivity contribution < 1.29 is 19.4 Å². The lowest BCUT2D eigenvalue weighted by Gasteiger charge is -2.31. The molecule has 5 atom stereocenters. The number of benzene rings is 1. The highest BCUT2D eigenvalue weighted by Crippen LogP contribution is 2.39. The highest BCUT2D eigenvalue weighted by atomic mass is 16.5. The van der Waals surface area contributed by atoms with Gasteiger partial charge >= 0.3 is 5.97 Å². The van der Waals surface area contributed by atoms with Gasteiger partial charge in [0.1, 0.15) is 6.04 Å². The van der Waals surface area contributed by atoms with E-state index in [-0.39, 0.29) is 30.1 Å². The minimum Gasteiger partial charge on any atom is -0.480 e. The molecular weight excluding hydrogens is 294 g/mol. The van der Waals surface area contributed by atoms with Crippen LogP contribution in [0.25, 0.3) is 0 Å². The maximum Gasteiger partial charge on any atom is 0.326 e. The summed E-state index contributed by atoms with van der Waals surface area (Å²) in [7, 11) is 0. The van der Waals surface area contributed by atoms with E-state index in [0.717, 1.165) is 5.56 Å². The van der Waals surface area contributed by atoms with E-state index in [1.54, 1.807) is 4.90 Å². The summed E-state index contributed by atoms with van der Waals surface area (Å²) in [4.78, 5) is 26.3. The number of hydrogen-bond acceptors (Lipinski definition) is 3. The molecule has 1 aromatic rings. The van der Waals surface area contributed by atoms with Crippen LogP contribution in [0.3, 0.4) is 0 Å². The van der Waals surface area contributed by atoms with Crippen molar-refractivity contribution in [3.8, 4) is 0 Å². The SMILES string of the molecule is CC1CC(C(=O)N2C(C(=O)O)CC[C@H]2c2ccccc2)C(C)O1. The van der Waals surface area contributed by atoms with Crippen molar-refractivity contribution in [2.45, 2.75) is 57.4 Å². The Bertz CT molecular complexity index is 588. The van der Waals surface area contributed by atoms with Gasteiger partial charge in [-0.25, -0.2) is 4.79 Å². The molecule has 3 rings (SSSR count). The molecule has 0 bridgehead atoms. The summed E-state index contributed by atoms with van der Waals surface area (Å²) in [6.07, 6.45) is 1.72. The molecule has 0 saturated carbocycles. The van der Waals surface area contributed by atoms with Crippen molar-refractivity contribution in [3.05, 3.63) is 35.9 Å². The molecule has 4 unspecified atom stereocenters. The molecule has 2 aliphatic rings. The quantitative estimate of drug-likeness (QED) is 0.930. The van der Waals surface area contributed by atoms with Crippen molar-refractivity contribution in [1.29, 1.82) is 0 Å². The summed E-state index contributed by atoms with van der Waals surface area (Å²) >= 11 is 0. The third-order valence-corrected chi connectivity index (χ3v) is 5.03. The monoisotopic (exact) mass is 317 g/mol. The first-order valence-corrected chi connectivity index (χ1v) is 8.24. The minimum atomic E-state index is -0.920. The second-order valence-electron chi connectivity index (χ2n) is 6.60. The summed E-state index contributed by atoms with van der Waals surface area (Å²) in [6, 6.07) is 8.81. The fraction of sp³-hybridized carbons (Fsp3) is 0.556. The van der Waals surface area contributed by atoms with Crippen LogP contribution in [0.5, 0.6) is 0 Å². The Hall–Kier alpha value is -1.88. The predicted octanol–water partition coefficient (Wildman–Crippen LogP) is 2.62. The highest BCUT2D eigenvalue weighted by molar-refractivity contribution is 5.86. The summed E-state index contributed by atoms with van der Waals surface area (Å²) in [5, 5.41) is 9.53. The number of hydrogen-bond donors (Lipinski definition) is 1. The molecule has 2 fully saturated rings. The van der Waals surface area contributed by atoms with E-state index in [2.05, 4.69) is 0 Å². The Morgan fingerprint density at radius 3 is 2.43 bits per heavy atom. The summed E-state index contributed by atoms with van der Waals surface area (Å²) < 4.78 is 5.70. The molecule has 124 valence electrons. The number of nitrogens with zero attached hydrogens (tertiary/aromatic N) is 1. The largest absolute Gasteiger partial charge is 0.480 e. The van der Waals surface area contributed by atoms with Crippen LogP contribution < -0.4 is 0 Å². The van der Waals surface area contributed by atoms with Crippen molar-refractivity contribution in [1.82, 2.24) is 4.90 Å². The zero-order valence-electron chi connectivity index (χ0n) is 13.5. The highest BCUT2D eigenvalue weighted by Gasteiger charge is 2.46. The van der Waals surface area contributed by atoms with Crippen LogP contribution in [-0.4, -0.2) is 40.1 Å². The van der Waals surface area contributed by atoms with Crippen molar-refractivity contribution in [2.75, 3.05) is 0 Å². The molecule has 2 aliphatic heterocycles. The second kappa shape index (κ2) is 6.32. The van der Waals surface area contributed by atoms with E-state index in [0.29, 0.717) is 19.3 Å². The van der Waals surface area contributed by atoms with Crippen LogP contribution in [0.1, 0.15) is 44.7 Å². The Balaban J connectivity index is 1.90. The maximum absolute atomic E-state index is 13.1. The molecule has 2 heterocycles. The zero-order valence-corrected chi connectivity index (χ0v) is 13.5. The fourth-order valence-corrected chi connectivity index (χ4v) is 3.92. The number of carbonyl (C=O) groups is 2. The van der Waals surface area contributed by atoms with Crippen LogP contribution in [0.15, 0.2) is 30.3 Å². The molecular formula is C18H23NO4. The molecule has 0 aromatic heterocycles. The number of carboxylic acid groups (broad SMARTS) is 1. The van der Waals surface area contributed by atoms with Gasteiger partial charge < -0.3 is 14.7 Å². The van der Waals surface area contributed by atoms with E-state index < -0.39 is 12.0 Å². The number of rotatable bonds is 3. The van der Waals surface area contributed by atoms with Gasteiger partial charge in [0.05, 0.1) is 24.2 Å². The molecule has 1 amide bonds. The van der Waals surface area contributed by atoms with Crippen molar-refractivity contribution in [2.24, 2.45) is 5.92 Å². The molecule has 0 spiro atoms. The van der Waals surface area contributed by atoms with Crippen LogP contribution in [-0.2, 0) is 14.3 Å². The number of aliphatic carboxylic acids is 1. The van der Waals surface area contributed by atoms with Crippen LogP contribution in [0.2, 0.25) is 0 Å². The lowest BCUT2D eigenvalue weighted by atomic mass is 9.97. The molecule has 5 heteroatoms. The van der Waals surface area contributed by atoms with Gasteiger partial charge in [0.2, 0.25) is 5.91 Å². The first kappa shape index (κ1) is 16.0. The number of carbonyl (C=O) groups excluding carboxylic acids is 1. The summed E-state index contributed by atoms with van der Waals surface area (Å²) in [5.41, 5.74) is 1.00. The smallest absolute Gasteiger partial charge is 0.326 e. The average molecular weight is 317 g/mol. The number of carboxylic acids is 1. The van der Waals surface area contributed by atoms with Crippen molar-refractivity contribution >= 4 is 11.9 Å². The molecule has 0 aliphatic carbocycles. The van der Waals surface area contributed by atoms with Gasteiger partial charge in [-0.15, -0.1) is 0 Å². The fourth-order valence-electron chi connectivity index (χ4n) is 3.92. The van der Waals surface area contributed by atoms with E-state index in [4.69, 9.17) is 4.74 Å². The van der Waals surface area contributed by atoms with E-state index in [1.165, 1.54) is 0 Å². The zero-order chi connectivity index (χ0) is 16.6.